The monoisotopic (exact) mass is 167 g/mol. The van der Waals surface area contributed by atoms with E-state index in [-0.39, 0.29) is 12.1 Å². The number of aliphatic hydroxyl groups is 1. The fraction of sp³-hybridized carbons (Fsp3) is 0.600. The van der Waals surface area contributed by atoms with Gasteiger partial charge in [-0.2, -0.15) is 0 Å². The summed E-state index contributed by atoms with van der Waals surface area (Å²) < 4.78 is 2.11. The van der Waals surface area contributed by atoms with Gasteiger partial charge in [0.15, 0.2) is 0 Å². The predicted molar refractivity (Wildman–Crippen MR) is 50.2 cm³/mol. The number of aromatic nitrogens is 1. The number of nitrogens with zero attached hydrogens (tertiary/aromatic N) is 1. The van der Waals surface area contributed by atoms with Crippen molar-refractivity contribution in [2.45, 2.75) is 39.3 Å². The average molecular weight is 167 g/mol. The number of aliphatic hydroxyl groups excluding tert-OH is 1. The summed E-state index contributed by atoms with van der Waals surface area (Å²) in [5.41, 5.74) is 1.20. The first kappa shape index (κ1) is 9.33. The first-order chi connectivity index (χ1) is 5.66. The fourth-order valence-electron chi connectivity index (χ4n) is 1.46. The van der Waals surface area contributed by atoms with E-state index >= 15 is 0 Å². The molecule has 2 nitrogen and oxygen atoms in total. The van der Waals surface area contributed by atoms with E-state index in [0.29, 0.717) is 0 Å². The van der Waals surface area contributed by atoms with E-state index in [1.807, 2.05) is 26.1 Å². The van der Waals surface area contributed by atoms with Gasteiger partial charge in [0.25, 0.3) is 0 Å². The molecule has 0 bridgehead atoms. The molecule has 0 fully saturated rings. The topological polar surface area (TPSA) is 25.2 Å². The molecule has 0 aliphatic heterocycles. The van der Waals surface area contributed by atoms with Crippen LogP contribution in [0.4, 0.5) is 0 Å². The number of aryl methyl sites for hydroxylation is 1. The van der Waals surface area contributed by atoms with Gasteiger partial charge < -0.3 is 9.67 Å². The summed E-state index contributed by atoms with van der Waals surface area (Å²) in [6, 6.07) is 4.25. The Hall–Kier alpha value is -0.760. The Kier molecular flexibility index (Phi) is 2.93. The molecule has 1 rings (SSSR count). The quantitative estimate of drug-likeness (QED) is 0.733. The van der Waals surface area contributed by atoms with Crippen molar-refractivity contribution in [2.75, 3.05) is 0 Å². The zero-order valence-corrected chi connectivity index (χ0v) is 7.99. The molecule has 2 unspecified atom stereocenters. The molecule has 0 saturated carbocycles. The SMILES string of the molecule is CCC(O)C(C)n1cccc1C. The number of hydrogen-bond donors (Lipinski definition) is 1. The van der Waals surface area contributed by atoms with Gasteiger partial charge in [-0.1, -0.05) is 6.92 Å². The molecule has 1 aromatic heterocycles. The largest absolute Gasteiger partial charge is 0.391 e. The molecule has 0 amide bonds. The lowest BCUT2D eigenvalue weighted by atomic mass is 10.1. The normalized spacial score (nSPS) is 16.0. The van der Waals surface area contributed by atoms with Crippen molar-refractivity contribution in [3.63, 3.8) is 0 Å². The van der Waals surface area contributed by atoms with E-state index in [1.165, 1.54) is 5.69 Å². The number of hydrogen-bond acceptors (Lipinski definition) is 1. The van der Waals surface area contributed by atoms with Crippen LogP contribution in [0.25, 0.3) is 0 Å². The fourth-order valence-corrected chi connectivity index (χ4v) is 1.46. The highest BCUT2D eigenvalue weighted by atomic mass is 16.3. The van der Waals surface area contributed by atoms with Crippen LogP contribution in [-0.4, -0.2) is 15.8 Å². The first-order valence-corrected chi connectivity index (χ1v) is 4.48. The third-order valence-electron chi connectivity index (χ3n) is 2.41. The lowest BCUT2D eigenvalue weighted by Gasteiger charge is -2.20. The second kappa shape index (κ2) is 3.76. The molecule has 0 aliphatic carbocycles. The van der Waals surface area contributed by atoms with Gasteiger partial charge in [0.1, 0.15) is 0 Å². The molecule has 2 heteroatoms. The van der Waals surface area contributed by atoms with E-state index in [0.717, 1.165) is 6.42 Å². The Labute approximate surface area is 73.8 Å². The van der Waals surface area contributed by atoms with Crippen LogP contribution < -0.4 is 0 Å². The standard InChI is InChI=1S/C10H17NO/c1-4-10(12)9(3)11-7-5-6-8(11)2/h5-7,9-10,12H,4H2,1-3H3. The van der Waals surface area contributed by atoms with E-state index < -0.39 is 0 Å². The second-order valence-electron chi connectivity index (χ2n) is 3.27. The maximum absolute atomic E-state index is 9.60. The third kappa shape index (κ3) is 1.69. The summed E-state index contributed by atoms with van der Waals surface area (Å²) in [6.45, 7) is 6.10. The van der Waals surface area contributed by atoms with Crippen molar-refractivity contribution in [2.24, 2.45) is 0 Å². The Morgan fingerprint density at radius 1 is 1.58 bits per heavy atom. The van der Waals surface area contributed by atoms with Crippen molar-refractivity contribution >= 4 is 0 Å². The first-order valence-electron chi connectivity index (χ1n) is 4.48. The van der Waals surface area contributed by atoms with Gasteiger partial charge in [-0.15, -0.1) is 0 Å². The van der Waals surface area contributed by atoms with Crippen molar-refractivity contribution in [3.05, 3.63) is 24.0 Å². The molecular formula is C10H17NO. The Morgan fingerprint density at radius 2 is 2.25 bits per heavy atom. The van der Waals surface area contributed by atoms with E-state index in [2.05, 4.69) is 17.6 Å². The molecule has 0 spiro atoms. The van der Waals surface area contributed by atoms with Crippen molar-refractivity contribution in [3.8, 4) is 0 Å². The lowest BCUT2D eigenvalue weighted by Crippen LogP contribution is -2.20. The van der Waals surface area contributed by atoms with Crippen LogP contribution in [0.5, 0.6) is 0 Å². The number of rotatable bonds is 3. The van der Waals surface area contributed by atoms with Gasteiger partial charge in [-0.3, -0.25) is 0 Å². The summed E-state index contributed by atoms with van der Waals surface area (Å²) in [6.07, 6.45) is 2.58. The molecule has 0 saturated heterocycles. The summed E-state index contributed by atoms with van der Waals surface area (Å²) in [4.78, 5) is 0. The van der Waals surface area contributed by atoms with Gasteiger partial charge >= 0.3 is 0 Å². The Bertz CT molecular complexity index is 242. The molecule has 0 aromatic carbocycles. The van der Waals surface area contributed by atoms with Crippen LogP contribution in [0.3, 0.4) is 0 Å². The van der Waals surface area contributed by atoms with Gasteiger partial charge in [0, 0.05) is 11.9 Å². The van der Waals surface area contributed by atoms with Crippen LogP contribution in [0.1, 0.15) is 32.0 Å². The highest BCUT2D eigenvalue weighted by Gasteiger charge is 2.13. The molecule has 2 atom stereocenters. The minimum Gasteiger partial charge on any atom is -0.391 e. The van der Waals surface area contributed by atoms with E-state index in [9.17, 15) is 5.11 Å². The summed E-state index contributed by atoms with van der Waals surface area (Å²) >= 11 is 0. The van der Waals surface area contributed by atoms with Crippen LogP contribution >= 0.6 is 0 Å². The van der Waals surface area contributed by atoms with Gasteiger partial charge in [-0.25, -0.2) is 0 Å². The molecule has 1 N–H and O–H groups in total. The molecule has 1 aromatic rings. The van der Waals surface area contributed by atoms with Gasteiger partial charge in [0.05, 0.1) is 12.1 Å². The Morgan fingerprint density at radius 3 is 2.67 bits per heavy atom. The minimum atomic E-state index is -0.240. The summed E-state index contributed by atoms with van der Waals surface area (Å²) in [5.74, 6) is 0. The maximum atomic E-state index is 9.60. The summed E-state index contributed by atoms with van der Waals surface area (Å²) in [7, 11) is 0. The average Bonchev–Trinajstić information content (AvgIpc) is 2.48. The zero-order chi connectivity index (χ0) is 9.14. The highest BCUT2D eigenvalue weighted by molar-refractivity contribution is 5.06. The van der Waals surface area contributed by atoms with Gasteiger partial charge in [0.2, 0.25) is 0 Å². The van der Waals surface area contributed by atoms with E-state index in [1.54, 1.807) is 0 Å². The summed E-state index contributed by atoms with van der Waals surface area (Å²) in [5, 5.41) is 9.60. The van der Waals surface area contributed by atoms with E-state index in [4.69, 9.17) is 0 Å². The molecular weight excluding hydrogens is 150 g/mol. The van der Waals surface area contributed by atoms with Crippen LogP contribution in [0.2, 0.25) is 0 Å². The maximum Gasteiger partial charge on any atom is 0.0741 e. The third-order valence-corrected chi connectivity index (χ3v) is 2.41. The molecule has 12 heavy (non-hydrogen) atoms. The predicted octanol–water partition coefficient (Wildman–Crippen LogP) is 2.13. The molecule has 68 valence electrons. The van der Waals surface area contributed by atoms with Crippen LogP contribution in [-0.2, 0) is 0 Å². The highest BCUT2D eigenvalue weighted by Crippen LogP contribution is 2.16. The zero-order valence-electron chi connectivity index (χ0n) is 7.99. The van der Waals surface area contributed by atoms with Crippen LogP contribution in [0, 0.1) is 6.92 Å². The van der Waals surface area contributed by atoms with Crippen molar-refractivity contribution in [1.29, 1.82) is 0 Å². The van der Waals surface area contributed by atoms with Crippen LogP contribution in [0.15, 0.2) is 18.3 Å². The van der Waals surface area contributed by atoms with Crippen molar-refractivity contribution < 1.29 is 5.11 Å². The molecule has 0 radical (unpaired) electrons. The Balaban J connectivity index is 2.77. The van der Waals surface area contributed by atoms with Crippen molar-refractivity contribution in [1.82, 2.24) is 4.57 Å². The molecule has 1 heterocycles. The smallest absolute Gasteiger partial charge is 0.0741 e. The van der Waals surface area contributed by atoms with Gasteiger partial charge in [-0.05, 0) is 32.4 Å². The molecule has 0 aliphatic rings. The second-order valence-corrected chi connectivity index (χ2v) is 3.27. The lowest BCUT2D eigenvalue weighted by molar-refractivity contribution is 0.116. The minimum absolute atomic E-state index is 0.185.